The lowest BCUT2D eigenvalue weighted by Crippen LogP contribution is -2.37. The second-order valence-corrected chi connectivity index (χ2v) is 7.51. The van der Waals surface area contributed by atoms with Crippen molar-refractivity contribution < 1.29 is 14.3 Å². The van der Waals surface area contributed by atoms with Crippen molar-refractivity contribution in [2.45, 2.75) is 18.6 Å². The van der Waals surface area contributed by atoms with Gasteiger partial charge in [0.2, 0.25) is 5.91 Å². The molecule has 2 aromatic rings. The molecule has 0 heterocycles. The first-order valence-electron chi connectivity index (χ1n) is 7.87. The van der Waals surface area contributed by atoms with Crippen LogP contribution in [0.2, 0.25) is 15.1 Å². The topological polar surface area (TPSA) is 52.6 Å². The standard InChI is InChI=1S/C18H16Cl3FN2O2/c1-24(8-17(26)23-15-3-2-10(22)6-14(15)21)18-12-4-9(19)5-13(20)11(12)7-16(18)25/h2-6,16,18,25H,7-8H2,1H3,(H,23,26)/t16-,18+/m0/s1. The molecular weight excluding hydrogens is 402 g/mol. The van der Waals surface area contributed by atoms with Crippen LogP contribution in [-0.2, 0) is 11.2 Å². The molecule has 0 bridgehead atoms. The molecular formula is C18H16Cl3FN2O2. The largest absolute Gasteiger partial charge is 0.391 e. The number of anilines is 1. The zero-order valence-electron chi connectivity index (χ0n) is 13.8. The first-order chi connectivity index (χ1) is 12.3. The van der Waals surface area contributed by atoms with Gasteiger partial charge in [-0.2, -0.15) is 0 Å². The lowest BCUT2D eigenvalue weighted by Gasteiger charge is -2.27. The fraction of sp³-hybridized carbons (Fsp3) is 0.278. The van der Waals surface area contributed by atoms with Gasteiger partial charge in [0, 0.05) is 16.5 Å². The van der Waals surface area contributed by atoms with E-state index in [1.807, 2.05) is 0 Å². The number of carbonyl (C=O) groups excluding carboxylic acids is 1. The van der Waals surface area contributed by atoms with Gasteiger partial charge in [0.05, 0.1) is 29.4 Å². The summed E-state index contributed by atoms with van der Waals surface area (Å²) < 4.78 is 13.1. The molecule has 2 aromatic carbocycles. The highest BCUT2D eigenvalue weighted by atomic mass is 35.5. The number of aliphatic hydroxyl groups is 1. The normalized spacial score (nSPS) is 18.9. The van der Waals surface area contributed by atoms with E-state index in [1.54, 1.807) is 24.1 Å². The number of amides is 1. The van der Waals surface area contributed by atoms with E-state index >= 15 is 0 Å². The molecule has 0 unspecified atom stereocenters. The van der Waals surface area contributed by atoms with Gasteiger partial charge in [-0.25, -0.2) is 4.39 Å². The molecule has 1 amide bonds. The molecule has 1 aliphatic rings. The van der Waals surface area contributed by atoms with Crippen molar-refractivity contribution in [2.75, 3.05) is 18.9 Å². The van der Waals surface area contributed by atoms with E-state index in [-0.39, 0.29) is 17.5 Å². The molecule has 8 heteroatoms. The van der Waals surface area contributed by atoms with Crippen LogP contribution in [0.25, 0.3) is 0 Å². The van der Waals surface area contributed by atoms with Gasteiger partial charge in [0.1, 0.15) is 5.82 Å². The molecule has 0 saturated heterocycles. The first kappa shape index (κ1) is 19.4. The number of likely N-dealkylation sites (N-methyl/N-ethyl adjacent to an activating group) is 1. The highest BCUT2D eigenvalue weighted by molar-refractivity contribution is 6.35. The second-order valence-electron chi connectivity index (χ2n) is 6.26. The van der Waals surface area contributed by atoms with Crippen LogP contribution < -0.4 is 5.32 Å². The van der Waals surface area contributed by atoms with Crippen LogP contribution in [0.1, 0.15) is 17.2 Å². The highest BCUT2D eigenvalue weighted by Crippen LogP contribution is 2.40. The molecule has 2 N–H and O–H groups in total. The first-order valence-corrected chi connectivity index (χ1v) is 9.00. The predicted octanol–water partition coefficient (Wildman–Crippen LogP) is 4.31. The highest BCUT2D eigenvalue weighted by Gasteiger charge is 2.36. The van der Waals surface area contributed by atoms with Crippen LogP contribution in [0, 0.1) is 5.82 Å². The summed E-state index contributed by atoms with van der Waals surface area (Å²) in [5.41, 5.74) is 1.97. The number of nitrogens with zero attached hydrogens (tertiary/aromatic N) is 1. The van der Waals surface area contributed by atoms with Gasteiger partial charge < -0.3 is 10.4 Å². The van der Waals surface area contributed by atoms with Gasteiger partial charge in [0.25, 0.3) is 0 Å². The van der Waals surface area contributed by atoms with E-state index in [0.717, 1.165) is 17.2 Å². The third-order valence-electron chi connectivity index (χ3n) is 4.36. The summed E-state index contributed by atoms with van der Waals surface area (Å²) in [6, 6.07) is 6.73. The Balaban J connectivity index is 1.74. The molecule has 0 spiro atoms. The quantitative estimate of drug-likeness (QED) is 0.779. The fourth-order valence-corrected chi connectivity index (χ4v) is 4.07. The van der Waals surface area contributed by atoms with E-state index in [0.29, 0.717) is 22.2 Å². The van der Waals surface area contributed by atoms with Crippen LogP contribution in [0.15, 0.2) is 30.3 Å². The Kier molecular flexibility index (Phi) is 5.75. The summed E-state index contributed by atoms with van der Waals surface area (Å²) >= 11 is 18.2. The van der Waals surface area contributed by atoms with Crippen LogP contribution in [0.5, 0.6) is 0 Å². The summed E-state index contributed by atoms with van der Waals surface area (Å²) in [5, 5.41) is 14.2. The van der Waals surface area contributed by atoms with Gasteiger partial charge in [-0.05, 0) is 48.5 Å². The number of hydrogen-bond donors (Lipinski definition) is 2. The van der Waals surface area contributed by atoms with Gasteiger partial charge >= 0.3 is 0 Å². The zero-order valence-corrected chi connectivity index (χ0v) is 16.0. The van der Waals surface area contributed by atoms with Crippen LogP contribution in [0.3, 0.4) is 0 Å². The van der Waals surface area contributed by atoms with Crippen LogP contribution in [-0.4, -0.2) is 35.6 Å². The molecule has 0 aliphatic heterocycles. The van der Waals surface area contributed by atoms with Crippen molar-refractivity contribution in [3.05, 3.63) is 62.3 Å². The third-order valence-corrected chi connectivity index (χ3v) is 5.23. The lowest BCUT2D eigenvalue weighted by molar-refractivity contribution is -0.118. The minimum atomic E-state index is -0.701. The monoisotopic (exact) mass is 416 g/mol. The van der Waals surface area contributed by atoms with Crippen molar-refractivity contribution >= 4 is 46.4 Å². The Morgan fingerprint density at radius 3 is 2.69 bits per heavy atom. The minimum absolute atomic E-state index is 0.000988. The van der Waals surface area contributed by atoms with Crippen molar-refractivity contribution in [1.82, 2.24) is 4.90 Å². The molecule has 26 heavy (non-hydrogen) atoms. The van der Waals surface area contributed by atoms with E-state index in [9.17, 15) is 14.3 Å². The molecule has 0 aromatic heterocycles. The summed E-state index contributed by atoms with van der Waals surface area (Å²) in [6.45, 7) is -0.000988. The smallest absolute Gasteiger partial charge is 0.238 e. The van der Waals surface area contributed by atoms with Gasteiger partial charge in [-0.1, -0.05) is 34.8 Å². The molecule has 0 saturated carbocycles. The Bertz CT molecular complexity index is 863. The molecule has 0 fully saturated rings. The number of fused-ring (bicyclic) bond motifs is 1. The predicted molar refractivity (Wildman–Crippen MR) is 102 cm³/mol. The fourth-order valence-electron chi connectivity index (χ4n) is 3.27. The van der Waals surface area contributed by atoms with Crippen LogP contribution >= 0.6 is 34.8 Å². The number of benzene rings is 2. The molecule has 1 aliphatic carbocycles. The molecule has 2 atom stereocenters. The number of rotatable bonds is 4. The van der Waals surface area contributed by atoms with Gasteiger partial charge in [-0.3, -0.25) is 9.69 Å². The number of aliphatic hydroxyl groups excluding tert-OH is 1. The molecule has 3 rings (SSSR count). The van der Waals surface area contributed by atoms with Gasteiger partial charge in [-0.15, -0.1) is 0 Å². The number of carbonyl (C=O) groups is 1. The zero-order chi connectivity index (χ0) is 19.0. The second kappa shape index (κ2) is 7.71. The summed E-state index contributed by atoms with van der Waals surface area (Å²) in [5.74, 6) is -0.820. The number of halogens is 4. The van der Waals surface area contributed by atoms with E-state index in [4.69, 9.17) is 34.8 Å². The maximum atomic E-state index is 13.1. The summed E-state index contributed by atoms with van der Waals surface area (Å²) in [7, 11) is 1.73. The maximum Gasteiger partial charge on any atom is 0.238 e. The van der Waals surface area contributed by atoms with E-state index in [2.05, 4.69) is 5.32 Å². The average Bonchev–Trinajstić information content (AvgIpc) is 2.86. The molecule has 138 valence electrons. The Hall–Kier alpha value is -1.37. The average molecular weight is 418 g/mol. The van der Waals surface area contributed by atoms with E-state index in [1.165, 1.54) is 12.1 Å². The number of nitrogens with one attached hydrogen (secondary N) is 1. The Morgan fingerprint density at radius 2 is 2.00 bits per heavy atom. The van der Waals surface area contributed by atoms with Crippen molar-refractivity contribution in [2.24, 2.45) is 0 Å². The van der Waals surface area contributed by atoms with Gasteiger partial charge in [0.15, 0.2) is 0 Å². The van der Waals surface area contributed by atoms with Crippen molar-refractivity contribution in [1.29, 1.82) is 0 Å². The number of hydrogen-bond acceptors (Lipinski definition) is 3. The Labute approximate surface area is 165 Å². The molecule has 4 nitrogen and oxygen atoms in total. The van der Waals surface area contributed by atoms with Crippen molar-refractivity contribution in [3.8, 4) is 0 Å². The SMILES string of the molecule is CN(CC(=O)Nc1ccc(F)cc1Cl)[C@@H]1c2cc(Cl)cc(Cl)c2C[C@@H]1O. The van der Waals surface area contributed by atoms with Crippen molar-refractivity contribution in [3.63, 3.8) is 0 Å². The summed E-state index contributed by atoms with van der Waals surface area (Å²) in [6.07, 6.45) is -0.306. The minimum Gasteiger partial charge on any atom is -0.391 e. The Morgan fingerprint density at radius 1 is 1.27 bits per heavy atom. The summed E-state index contributed by atoms with van der Waals surface area (Å²) in [4.78, 5) is 14.0. The van der Waals surface area contributed by atoms with Crippen LogP contribution in [0.4, 0.5) is 10.1 Å². The lowest BCUT2D eigenvalue weighted by atomic mass is 10.1. The maximum absolute atomic E-state index is 13.1. The molecule has 0 radical (unpaired) electrons. The van der Waals surface area contributed by atoms with E-state index < -0.39 is 18.0 Å². The third kappa shape index (κ3) is 3.97.